The van der Waals surface area contributed by atoms with Crippen molar-refractivity contribution in [2.24, 2.45) is 0 Å². The molecule has 8 nitrogen and oxygen atoms in total. The first-order valence-corrected chi connectivity index (χ1v) is 12.6. The third-order valence-electron chi connectivity index (χ3n) is 6.87. The van der Waals surface area contributed by atoms with E-state index in [4.69, 9.17) is 9.47 Å². The van der Waals surface area contributed by atoms with Crippen molar-refractivity contribution in [1.29, 1.82) is 0 Å². The van der Waals surface area contributed by atoms with Crippen LogP contribution in [-0.4, -0.2) is 57.1 Å². The highest BCUT2D eigenvalue weighted by atomic mass is 16.5. The summed E-state index contributed by atoms with van der Waals surface area (Å²) in [4.78, 5) is 29.5. The summed E-state index contributed by atoms with van der Waals surface area (Å²) in [6.07, 6.45) is 4.40. The molecule has 1 fully saturated rings. The van der Waals surface area contributed by atoms with Crippen LogP contribution in [-0.2, 0) is 9.59 Å². The van der Waals surface area contributed by atoms with E-state index in [1.54, 1.807) is 27.2 Å². The Kier molecular flexibility index (Phi) is 8.15. The average molecular weight is 493 g/mol. The number of carbonyl (C=O) groups is 2. The van der Waals surface area contributed by atoms with Crippen molar-refractivity contribution >= 4 is 34.4 Å². The van der Waals surface area contributed by atoms with Crippen molar-refractivity contribution in [3.8, 4) is 11.5 Å². The molecule has 1 saturated heterocycles. The minimum atomic E-state index is -0.165. The molecule has 36 heavy (non-hydrogen) atoms. The molecule has 0 aromatic heterocycles. The molecule has 4 rings (SSSR count). The number of piperidine rings is 1. The molecule has 2 N–H and O–H groups in total. The van der Waals surface area contributed by atoms with E-state index in [-0.39, 0.29) is 11.8 Å². The molecule has 2 heterocycles. The summed E-state index contributed by atoms with van der Waals surface area (Å²) >= 11 is 0. The number of nitrogens with zero attached hydrogens (tertiary/aromatic N) is 2. The Hall–Kier alpha value is -3.52. The third kappa shape index (κ3) is 5.49. The monoisotopic (exact) mass is 492 g/mol. The van der Waals surface area contributed by atoms with E-state index < -0.39 is 0 Å². The van der Waals surface area contributed by atoms with Crippen LogP contribution >= 0.6 is 0 Å². The third-order valence-corrected chi connectivity index (χ3v) is 6.87. The highest BCUT2D eigenvalue weighted by Crippen LogP contribution is 2.42. The highest BCUT2D eigenvalue weighted by Gasteiger charge is 2.29. The lowest BCUT2D eigenvalue weighted by Crippen LogP contribution is -2.39. The number of rotatable bonds is 9. The number of ether oxygens (including phenoxy) is 2. The van der Waals surface area contributed by atoms with E-state index in [0.29, 0.717) is 35.7 Å². The molecule has 192 valence electrons. The van der Waals surface area contributed by atoms with Gasteiger partial charge in [0.05, 0.1) is 25.5 Å². The number of anilines is 3. The first-order valence-electron chi connectivity index (χ1n) is 12.6. The second-order valence-corrected chi connectivity index (χ2v) is 9.16. The molecule has 2 amide bonds. The van der Waals surface area contributed by atoms with Crippen LogP contribution in [0.1, 0.15) is 45.1 Å². The molecule has 2 aromatic rings. The first-order chi connectivity index (χ1) is 17.4. The summed E-state index contributed by atoms with van der Waals surface area (Å²) < 4.78 is 10.8. The standard InChI is InChI=1S/C28H36N4O4/c1-5-23(27-22-17-25(35-3)26(36-4)18-24(22)30-28(27)34)29-20-9-11-21(12-10-20)32(19(2)33)16-15-31-13-7-6-8-14-31/h9-12,17-18,29H,5-8,13-16H2,1-4H3,(H,30,34). The minimum Gasteiger partial charge on any atom is -0.493 e. The number of methoxy groups -OCH3 is 2. The number of hydrogen-bond donors (Lipinski definition) is 2. The molecule has 0 radical (unpaired) electrons. The fraction of sp³-hybridized carbons (Fsp3) is 0.429. The summed E-state index contributed by atoms with van der Waals surface area (Å²) in [5, 5.41) is 6.35. The lowest BCUT2D eigenvalue weighted by Gasteiger charge is -2.29. The summed E-state index contributed by atoms with van der Waals surface area (Å²) in [6, 6.07) is 11.4. The maximum Gasteiger partial charge on any atom is 0.258 e. The molecule has 0 aliphatic carbocycles. The maximum absolute atomic E-state index is 12.9. The van der Waals surface area contributed by atoms with E-state index in [1.807, 2.05) is 42.2 Å². The van der Waals surface area contributed by atoms with Gasteiger partial charge in [-0.1, -0.05) is 13.3 Å². The molecule has 0 bridgehead atoms. The summed E-state index contributed by atoms with van der Waals surface area (Å²) in [7, 11) is 3.15. The lowest BCUT2D eigenvalue weighted by molar-refractivity contribution is -0.116. The van der Waals surface area contributed by atoms with Crippen molar-refractivity contribution < 1.29 is 19.1 Å². The van der Waals surface area contributed by atoms with E-state index in [1.165, 1.54) is 19.3 Å². The molecule has 0 spiro atoms. The van der Waals surface area contributed by atoms with Gasteiger partial charge >= 0.3 is 0 Å². The Balaban J connectivity index is 1.53. The van der Waals surface area contributed by atoms with Crippen molar-refractivity contribution in [2.45, 2.75) is 39.5 Å². The van der Waals surface area contributed by atoms with Gasteiger partial charge in [0, 0.05) is 48.7 Å². The number of allylic oxidation sites excluding steroid dienone is 1. The van der Waals surface area contributed by atoms with Crippen molar-refractivity contribution in [2.75, 3.05) is 55.9 Å². The summed E-state index contributed by atoms with van der Waals surface area (Å²) in [5.41, 5.74) is 4.59. The Bertz CT molecular complexity index is 1140. The normalized spacial score (nSPS) is 16.7. The van der Waals surface area contributed by atoms with E-state index >= 15 is 0 Å². The summed E-state index contributed by atoms with van der Waals surface area (Å²) in [6.45, 7) is 7.40. The van der Waals surface area contributed by atoms with Gasteiger partial charge in [0.1, 0.15) is 0 Å². The largest absolute Gasteiger partial charge is 0.493 e. The number of benzene rings is 2. The van der Waals surface area contributed by atoms with Gasteiger partial charge in [-0.2, -0.15) is 0 Å². The smallest absolute Gasteiger partial charge is 0.258 e. The van der Waals surface area contributed by atoms with Gasteiger partial charge in [0.15, 0.2) is 11.5 Å². The molecule has 2 aromatic carbocycles. The van der Waals surface area contributed by atoms with Crippen molar-refractivity contribution in [3.63, 3.8) is 0 Å². The van der Waals surface area contributed by atoms with Crippen LogP contribution in [0, 0.1) is 0 Å². The van der Waals surface area contributed by atoms with Gasteiger partial charge in [0.2, 0.25) is 5.91 Å². The van der Waals surface area contributed by atoms with Gasteiger partial charge in [0.25, 0.3) is 5.91 Å². The molecule has 2 aliphatic heterocycles. The molecule has 0 atom stereocenters. The topological polar surface area (TPSA) is 83.1 Å². The first kappa shape index (κ1) is 25.6. The number of likely N-dealkylation sites (tertiary alicyclic amines) is 1. The molecule has 0 unspecified atom stereocenters. The molecular formula is C28H36N4O4. The number of fused-ring (bicyclic) bond motifs is 1. The van der Waals surface area contributed by atoms with Crippen LogP contribution in [0.15, 0.2) is 42.1 Å². The number of amides is 2. The van der Waals surface area contributed by atoms with Gasteiger partial charge in [-0.25, -0.2) is 0 Å². The lowest BCUT2D eigenvalue weighted by atomic mass is 10.0. The van der Waals surface area contributed by atoms with E-state index in [2.05, 4.69) is 15.5 Å². The fourth-order valence-electron chi connectivity index (χ4n) is 4.92. The van der Waals surface area contributed by atoms with Gasteiger partial charge in [-0.15, -0.1) is 0 Å². The maximum atomic E-state index is 12.9. The second kappa shape index (κ2) is 11.5. The van der Waals surface area contributed by atoms with Crippen LogP contribution in [0.4, 0.5) is 17.1 Å². The zero-order chi connectivity index (χ0) is 25.7. The Morgan fingerprint density at radius 2 is 1.72 bits per heavy atom. The van der Waals surface area contributed by atoms with Crippen molar-refractivity contribution in [1.82, 2.24) is 4.90 Å². The summed E-state index contributed by atoms with van der Waals surface area (Å²) in [5.74, 6) is 1.00. The number of hydrogen-bond acceptors (Lipinski definition) is 6. The zero-order valence-electron chi connectivity index (χ0n) is 21.6. The van der Waals surface area contributed by atoms with Crippen LogP contribution < -0.4 is 25.0 Å². The SMILES string of the molecule is CCC(Nc1ccc(N(CCN2CCCCC2)C(C)=O)cc1)=C1C(=O)Nc2cc(OC)c(OC)cc21. The fourth-order valence-corrected chi connectivity index (χ4v) is 4.92. The number of nitrogens with one attached hydrogen (secondary N) is 2. The molecule has 2 aliphatic rings. The highest BCUT2D eigenvalue weighted by molar-refractivity contribution is 6.32. The quantitative estimate of drug-likeness (QED) is 0.493. The van der Waals surface area contributed by atoms with Crippen LogP contribution in [0.3, 0.4) is 0 Å². The van der Waals surface area contributed by atoms with Crippen LogP contribution in [0.2, 0.25) is 0 Å². The predicted octanol–water partition coefficient (Wildman–Crippen LogP) is 4.73. The van der Waals surface area contributed by atoms with Crippen molar-refractivity contribution in [3.05, 3.63) is 47.7 Å². The Labute approximate surface area is 213 Å². The van der Waals surface area contributed by atoms with Crippen LogP contribution in [0.25, 0.3) is 5.57 Å². The van der Waals surface area contributed by atoms with Gasteiger partial charge in [-0.3, -0.25) is 9.59 Å². The second-order valence-electron chi connectivity index (χ2n) is 9.16. The molecular weight excluding hydrogens is 456 g/mol. The minimum absolute atomic E-state index is 0.0349. The van der Waals surface area contributed by atoms with Gasteiger partial charge in [-0.05, 0) is 62.7 Å². The molecule has 0 saturated carbocycles. The van der Waals surface area contributed by atoms with E-state index in [9.17, 15) is 9.59 Å². The van der Waals surface area contributed by atoms with Crippen LogP contribution in [0.5, 0.6) is 11.5 Å². The van der Waals surface area contributed by atoms with Gasteiger partial charge < -0.3 is 29.9 Å². The zero-order valence-corrected chi connectivity index (χ0v) is 21.6. The molecule has 8 heteroatoms. The average Bonchev–Trinajstić information content (AvgIpc) is 3.22. The Morgan fingerprint density at radius 3 is 2.33 bits per heavy atom. The number of carbonyl (C=O) groups excluding carboxylic acids is 2. The Morgan fingerprint density at radius 1 is 1.06 bits per heavy atom. The predicted molar refractivity (Wildman–Crippen MR) is 144 cm³/mol. The van der Waals surface area contributed by atoms with E-state index in [0.717, 1.165) is 42.3 Å².